The molecule has 0 aliphatic carbocycles. The second kappa shape index (κ2) is 9.57. The van der Waals surface area contributed by atoms with Gasteiger partial charge in [-0.2, -0.15) is 0 Å². The largest absolute Gasteiger partial charge is 0.380 e. The minimum Gasteiger partial charge on any atom is -0.380 e. The Morgan fingerprint density at radius 2 is 2.11 bits per heavy atom. The molecular formula is C14H19ClN2O. The number of rotatable bonds is 6. The summed E-state index contributed by atoms with van der Waals surface area (Å²) in [6.45, 7) is 9.73. The van der Waals surface area contributed by atoms with Crippen LogP contribution in [0.1, 0.15) is 6.92 Å². The molecule has 0 amide bonds. The molecule has 0 saturated carbocycles. The number of hydrogen-bond donors (Lipinski definition) is 0. The van der Waals surface area contributed by atoms with Crippen molar-refractivity contribution in [1.29, 1.82) is 0 Å². The Morgan fingerprint density at radius 1 is 1.44 bits per heavy atom. The Labute approximate surface area is 114 Å². The average Bonchev–Trinajstić information content (AvgIpc) is 2.37. The second-order valence-corrected chi connectivity index (χ2v) is 3.81. The van der Waals surface area contributed by atoms with E-state index < -0.39 is 0 Å². The van der Waals surface area contributed by atoms with Crippen LogP contribution < -0.4 is 0 Å². The van der Waals surface area contributed by atoms with Crippen molar-refractivity contribution >= 4 is 23.7 Å². The fourth-order valence-corrected chi connectivity index (χ4v) is 1.24. The Hall–Kier alpha value is -1.45. The fourth-order valence-electron chi connectivity index (χ4n) is 1.12. The van der Waals surface area contributed by atoms with E-state index in [1.165, 1.54) is 0 Å². The van der Waals surface area contributed by atoms with Crippen molar-refractivity contribution in [2.45, 2.75) is 6.92 Å². The summed E-state index contributed by atoms with van der Waals surface area (Å²) < 4.78 is 4.95. The number of methoxy groups -OCH3 is 1. The van der Waals surface area contributed by atoms with E-state index >= 15 is 0 Å². The van der Waals surface area contributed by atoms with E-state index in [1.807, 2.05) is 13.0 Å². The quantitative estimate of drug-likeness (QED) is 0.411. The maximum atomic E-state index is 5.91. The van der Waals surface area contributed by atoms with Crippen LogP contribution in [0.25, 0.3) is 0 Å². The van der Waals surface area contributed by atoms with Crippen LogP contribution >= 0.6 is 11.6 Å². The third-order valence-electron chi connectivity index (χ3n) is 1.97. The van der Waals surface area contributed by atoms with Gasteiger partial charge in [-0.1, -0.05) is 36.9 Å². The average molecular weight is 267 g/mol. The highest BCUT2D eigenvalue weighted by atomic mass is 35.5. The predicted octanol–water partition coefficient (Wildman–Crippen LogP) is 3.54. The van der Waals surface area contributed by atoms with E-state index in [0.29, 0.717) is 17.5 Å². The lowest BCUT2D eigenvalue weighted by molar-refractivity contribution is 0.230. The van der Waals surface area contributed by atoms with Gasteiger partial charge in [-0.25, -0.2) is 4.99 Å². The molecule has 0 unspecified atom stereocenters. The zero-order chi connectivity index (χ0) is 14.0. The molecule has 0 aliphatic heterocycles. The van der Waals surface area contributed by atoms with Crippen LogP contribution in [0.5, 0.6) is 0 Å². The van der Waals surface area contributed by atoms with Crippen molar-refractivity contribution in [3.05, 3.63) is 47.6 Å². The van der Waals surface area contributed by atoms with Crippen molar-refractivity contribution in [2.75, 3.05) is 20.8 Å². The van der Waals surface area contributed by atoms with E-state index in [-0.39, 0.29) is 0 Å². The Kier molecular flexibility index (Phi) is 8.80. The molecule has 0 fully saturated rings. The van der Waals surface area contributed by atoms with Gasteiger partial charge in [0.2, 0.25) is 0 Å². The SMILES string of the molecule is C=C/C(Cl)=C\C(=C/C)C(N=CC(=C)COC)=NC. The summed E-state index contributed by atoms with van der Waals surface area (Å²) in [4.78, 5) is 8.37. The van der Waals surface area contributed by atoms with Crippen molar-refractivity contribution in [3.8, 4) is 0 Å². The number of amidine groups is 1. The molecule has 3 nitrogen and oxygen atoms in total. The number of hydrogen-bond acceptors (Lipinski definition) is 2. The maximum Gasteiger partial charge on any atom is 0.153 e. The van der Waals surface area contributed by atoms with Gasteiger partial charge in [0.1, 0.15) is 0 Å². The van der Waals surface area contributed by atoms with Gasteiger partial charge >= 0.3 is 0 Å². The lowest BCUT2D eigenvalue weighted by Crippen LogP contribution is -2.01. The summed E-state index contributed by atoms with van der Waals surface area (Å²) in [5.41, 5.74) is 1.59. The summed E-state index contributed by atoms with van der Waals surface area (Å²) in [5.74, 6) is 0.578. The number of halogens is 1. The first-order valence-corrected chi connectivity index (χ1v) is 5.80. The standard InChI is InChI=1S/C14H19ClN2O/c1-6-12(8-13(15)7-2)14(16-4)17-9-11(3)10-18-5/h6-9H,2-3,10H2,1,4-5H3/b12-6+,13-8+,16-14?,17-9?. The molecule has 18 heavy (non-hydrogen) atoms. The number of ether oxygens (including phenoxy) is 1. The molecule has 4 heteroatoms. The highest BCUT2D eigenvalue weighted by Crippen LogP contribution is 2.10. The molecule has 0 radical (unpaired) electrons. The summed E-state index contributed by atoms with van der Waals surface area (Å²) in [5, 5.41) is 0.537. The molecular weight excluding hydrogens is 248 g/mol. The summed E-state index contributed by atoms with van der Waals surface area (Å²) >= 11 is 5.91. The van der Waals surface area contributed by atoms with Gasteiger partial charge in [-0.05, 0) is 18.6 Å². The smallest absolute Gasteiger partial charge is 0.153 e. The highest BCUT2D eigenvalue weighted by molar-refractivity contribution is 6.31. The fraction of sp³-hybridized carbons (Fsp3) is 0.286. The lowest BCUT2D eigenvalue weighted by Gasteiger charge is -2.02. The molecule has 0 aromatic rings. The van der Waals surface area contributed by atoms with Crippen LogP contribution in [-0.2, 0) is 4.74 Å². The van der Waals surface area contributed by atoms with Crippen LogP contribution in [0.3, 0.4) is 0 Å². The first-order chi connectivity index (χ1) is 8.58. The van der Waals surface area contributed by atoms with Crippen LogP contribution in [0.15, 0.2) is 57.5 Å². The van der Waals surface area contributed by atoms with Crippen LogP contribution in [0, 0.1) is 0 Å². The molecule has 0 aromatic heterocycles. The maximum absolute atomic E-state index is 5.91. The third-order valence-corrected chi connectivity index (χ3v) is 2.23. The van der Waals surface area contributed by atoms with Crippen molar-refractivity contribution < 1.29 is 4.74 Å². The number of nitrogens with zero attached hydrogens (tertiary/aromatic N) is 2. The molecule has 98 valence electrons. The van der Waals surface area contributed by atoms with E-state index in [1.54, 1.807) is 32.5 Å². The van der Waals surface area contributed by atoms with Gasteiger partial charge in [0.15, 0.2) is 5.84 Å². The van der Waals surface area contributed by atoms with Crippen LogP contribution in [0.4, 0.5) is 0 Å². The first kappa shape index (κ1) is 16.6. The molecule has 0 heterocycles. The Balaban J connectivity index is 4.99. The zero-order valence-electron chi connectivity index (χ0n) is 11.1. The monoisotopic (exact) mass is 266 g/mol. The van der Waals surface area contributed by atoms with Gasteiger partial charge < -0.3 is 4.74 Å². The molecule has 0 aromatic carbocycles. The minimum atomic E-state index is 0.439. The molecule has 0 aliphatic rings. The van der Waals surface area contributed by atoms with Gasteiger partial charge in [-0.15, -0.1) is 0 Å². The van der Waals surface area contributed by atoms with E-state index in [2.05, 4.69) is 23.1 Å². The predicted molar refractivity (Wildman–Crippen MR) is 80.8 cm³/mol. The molecule has 0 saturated heterocycles. The second-order valence-electron chi connectivity index (χ2n) is 3.37. The number of aliphatic imine (C=N–C) groups is 2. The van der Waals surface area contributed by atoms with E-state index in [9.17, 15) is 0 Å². The molecule has 0 atom stereocenters. The normalized spacial score (nSPS) is 14.1. The van der Waals surface area contributed by atoms with Crippen molar-refractivity contribution in [2.24, 2.45) is 9.98 Å². The topological polar surface area (TPSA) is 34.0 Å². The Morgan fingerprint density at radius 3 is 2.56 bits per heavy atom. The summed E-state index contributed by atoms with van der Waals surface area (Å²) in [6.07, 6.45) is 6.83. The minimum absolute atomic E-state index is 0.439. The van der Waals surface area contributed by atoms with Crippen LogP contribution in [-0.4, -0.2) is 32.8 Å². The first-order valence-electron chi connectivity index (χ1n) is 5.42. The van der Waals surface area contributed by atoms with Crippen molar-refractivity contribution in [1.82, 2.24) is 0 Å². The number of allylic oxidation sites excluding steroid dienone is 3. The molecule has 0 rings (SSSR count). The highest BCUT2D eigenvalue weighted by Gasteiger charge is 2.01. The van der Waals surface area contributed by atoms with Gasteiger partial charge in [0.25, 0.3) is 0 Å². The van der Waals surface area contributed by atoms with Gasteiger partial charge in [-0.3, -0.25) is 4.99 Å². The lowest BCUT2D eigenvalue weighted by atomic mass is 10.2. The molecule has 0 bridgehead atoms. The van der Waals surface area contributed by atoms with Gasteiger partial charge in [0.05, 0.1) is 6.61 Å². The zero-order valence-corrected chi connectivity index (χ0v) is 11.9. The summed E-state index contributed by atoms with van der Waals surface area (Å²) in [7, 11) is 3.28. The summed E-state index contributed by atoms with van der Waals surface area (Å²) in [6, 6.07) is 0. The van der Waals surface area contributed by atoms with Gasteiger partial charge in [0, 0.05) is 31.0 Å². The van der Waals surface area contributed by atoms with Crippen molar-refractivity contribution in [3.63, 3.8) is 0 Å². The Bertz CT molecular complexity index is 418. The molecule has 0 spiro atoms. The third kappa shape index (κ3) is 6.33. The van der Waals surface area contributed by atoms with E-state index in [0.717, 1.165) is 11.1 Å². The van der Waals surface area contributed by atoms with E-state index in [4.69, 9.17) is 16.3 Å². The molecule has 0 N–H and O–H groups in total. The van der Waals surface area contributed by atoms with Crippen LogP contribution in [0.2, 0.25) is 0 Å².